The molecule has 0 bridgehead atoms. The van der Waals surface area contributed by atoms with Crippen LogP contribution in [0.2, 0.25) is 0 Å². The highest BCUT2D eigenvalue weighted by Crippen LogP contribution is 2.53. The Labute approximate surface area is 194 Å². The summed E-state index contributed by atoms with van der Waals surface area (Å²) in [4.78, 5) is 23.8. The summed E-state index contributed by atoms with van der Waals surface area (Å²) in [5, 5.41) is 4.40. The van der Waals surface area contributed by atoms with E-state index in [0.29, 0.717) is 30.3 Å². The van der Waals surface area contributed by atoms with Gasteiger partial charge in [0.2, 0.25) is 0 Å². The number of amides is 1. The number of alkyl halides is 3. The van der Waals surface area contributed by atoms with Crippen molar-refractivity contribution in [3.8, 4) is 5.69 Å². The lowest BCUT2D eigenvalue weighted by molar-refractivity contribution is -0.139. The molecule has 2 fully saturated rings. The maximum Gasteiger partial charge on any atom is 0.418 e. The second-order valence-electron chi connectivity index (χ2n) is 9.28. The monoisotopic (exact) mass is 470 g/mol. The van der Waals surface area contributed by atoms with E-state index in [2.05, 4.69) is 15.1 Å². The predicted octanol–water partition coefficient (Wildman–Crippen LogP) is 4.41. The Balaban J connectivity index is 1.63. The first kappa shape index (κ1) is 22.4. The van der Waals surface area contributed by atoms with Crippen molar-refractivity contribution in [3.63, 3.8) is 0 Å². The molecule has 10 heteroatoms. The molecule has 7 nitrogen and oxygen atoms in total. The molecule has 3 unspecified atom stereocenters. The molecule has 34 heavy (non-hydrogen) atoms. The number of pyridine rings is 2. The van der Waals surface area contributed by atoms with Crippen LogP contribution in [0, 0.1) is 32.6 Å². The number of aryl methyl sites for hydroxylation is 2. The van der Waals surface area contributed by atoms with Gasteiger partial charge < -0.3 is 10.6 Å². The standard InChI is InChI=1S/C24H25F3N6O/c1-12-4-5-18(33-7-6-13(2)31-33)21(30-12)23(34)32-11-16-8-15(16)9-19(32)20-14(3)22(28)29-10-17(20)24(25,26)27/h4-7,10,15-16,19H,8-9,11H2,1-3H3,(H2,28,29). The molecule has 3 aromatic rings. The summed E-state index contributed by atoms with van der Waals surface area (Å²) in [7, 11) is 0. The maximum atomic E-state index is 14.0. The lowest BCUT2D eigenvalue weighted by Gasteiger charge is -2.38. The average molecular weight is 470 g/mol. The van der Waals surface area contributed by atoms with Gasteiger partial charge in [-0.2, -0.15) is 18.3 Å². The molecule has 1 saturated carbocycles. The Morgan fingerprint density at radius 3 is 2.53 bits per heavy atom. The zero-order valence-electron chi connectivity index (χ0n) is 19.1. The van der Waals surface area contributed by atoms with Crippen molar-refractivity contribution >= 4 is 11.7 Å². The van der Waals surface area contributed by atoms with Crippen molar-refractivity contribution in [2.24, 2.45) is 11.8 Å². The van der Waals surface area contributed by atoms with E-state index >= 15 is 0 Å². The van der Waals surface area contributed by atoms with Gasteiger partial charge in [-0.15, -0.1) is 0 Å². The van der Waals surface area contributed by atoms with E-state index in [1.165, 1.54) is 6.92 Å². The summed E-state index contributed by atoms with van der Waals surface area (Å²) >= 11 is 0. The highest BCUT2D eigenvalue weighted by Gasteiger charge is 2.50. The van der Waals surface area contributed by atoms with Crippen LogP contribution >= 0.6 is 0 Å². The fourth-order valence-electron chi connectivity index (χ4n) is 4.99. The minimum atomic E-state index is -4.62. The Hall–Kier alpha value is -3.43. The van der Waals surface area contributed by atoms with Gasteiger partial charge >= 0.3 is 6.18 Å². The molecule has 0 aromatic carbocycles. The molecule has 0 spiro atoms. The molecule has 1 amide bonds. The number of likely N-dealkylation sites (tertiary alicyclic amines) is 1. The topological polar surface area (TPSA) is 89.9 Å². The van der Waals surface area contributed by atoms with Crippen molar-refractivity contribution in [2.45, 2.75) is 45.8 Å². The third-order valence-electron chi connectivity index (χ3n) is 6.90. The number of nitrogens with two attached hydrogens (primary N) is 1. The molecule has 5 rings (SSSR count). The molecule has 3 atom stereocenters. The molecule has 0 radical (unpaired) electrons. The van der Waals surface area contributed by atoms with E-state index in [1.54, 1.807) is 34.8 Å². The van der Waals surface area contributed by atoms with Gasteiger partial charge in [0.1, 0.15) is 5.82 Å². The summed E-state index contributed by atoms with van der Waals surface area (Å²) in [6.07, 6.45) is -0.755. The zero-order chi connectivity index (χ0) is 24.4. The van der Waals surface area contributed by atoms with E-state index in [-0.39, 0.29) is 28.6 Å². The van der Waals surface area contributed by atoms with Gasteiger partial charge in [0.25, 0.3) is 5.91 Å². The Bertz CT molecular complexity index is 1280. The number of carbonyl (C=O) groups excluding carboxylic acids is 1. The van der Waals surface area contributed by atoms with E-state index in [9.17, 15) is 18.0 Å². The zero-order valence-corrected chi connectivity index (χ0v) is 19.1. The quantitative estimate of drug-likeness (QED) is 0.612. The maximum absolute atomic E-state index is 14.0. The van der Waals surface area contributed by atoms with Gasteiger partial charge in [-0.25, -0.2) is 14.6 Å². The van der Waals surface area contributed by atoms with Crippen molar-refractivity contribution in [1.82, 2.24) is 24.6 Å². The van der Waals surface area contributed by atoms with E-state index in [4.69, 9.17) is 5.73 Å². The number of anilines is 1. The van der Waals surface area contributed by atoms with Gasteiger partial charge in [0.15, 0.2) is 5.69 Å². The minimum Gasteiger partial charge on any atom is -0.383 e. The highest BCUT2D eigenvalue weighted by atomic mass is 19.4. The Morgan fingerprint density at radius 1 is 1.09 bits per heavy atom. The second kappa shape index (κ2) is 7.82. The third-order valence-corrected chi connectivity index (χ3v) is 6.90. The van der Waals surface area contributed by atoms with Crippen molar-refractivity contribution in [3.05, 3.63) is 64.4 Å². The largest absolute Gasteiger partial charge is 0.418 e. The van der Waals surface area contributed by atoms with E-state index in [1.807, 2.05) is 13.0 Å². The first-order valence-corrected chi connectivity index (χ1v) is 11.2. The van der Waals surface area contributed by atoms with E-state index < -0.39 is 23.7 Å². The Morgan fingerprint density at radius 2 is 1.85 bits per heavy atom. The van der Waals surface area contributed by atoms with Gasteiger partial charge in [-0.1, -0.05) is 0 Å². The first-order valence-electron chi connectivity index (χ1n) is 11.2. The number of piperidine rings is 1. The fraction of sp³-hybridized carbons (Fsp3) is 0.417. The SMILES string of the molecule is Cc1ccc(-n2ccc(C)n2)c(C(=O)N2CC3CC3CC2c2c(C(F)(F)F)cnc(N)c2C)n1. The molecule has 1 saturated heterocycles. The van der Waals surface area contributed by atoms with Gasteiger partial charge in [-0.05, 0) is 74.8 Å². The lowest BCUT2D eigenvalue weighted by atomic mass is 9.89. The van der Waals surface area contributed by atoms with Gasteiger partial charge in [0.05, 0.1) is 23.0 Å². The van der Waals surface area contributed by atoms with Gasteiger partial charge in [0, 0.05) is 24.6 Å². The Kier molecular flexibility index (Phi) is 5.14. The van der Waals surface area contributed by atoms with Crippen LogP contribution in [0.25, 0.3) is 5.69 Å². The summed E-state index contributed by atoms with van der Waals surface area (Å²) in [6, 6.07) is 4.58. The number of nitrogens with zero attached hydrogens (tertiary/aromatic N) is 5. The molecular weight excluding hydrogens is 445 g/mol. The lowest BCUT2D eigenvalue weighted by Crippen LogP contribution is -2.41. The van der Waals surface area contributed by atoms with E-state index in [0.717, 1.165) is 18.3 Å². The molecule has 178 valence electrons. The second-order valence-corrected chi connectivity index (χ2v) is 9.28. The summed E-state index contributed by atoms with van der Waals surface area (Å²) < 4.78 is 43.6. The summed E-state index contributed by atoms with van der Waals surface area (Å²) in [5.41, 5.74) is 7.44. The van der Waals surface area contributed by atoms with Gasteiger partial charge in [-0.3, -0.25) is 4.79 Å². The predicted molar refractivity (Wildman–Crippen MR) is 119 cm³/mol. The number of hydrogen-bond acceptors (Lipinski definition) is 5. The molecule has 2 aliphatic rings. The van der Waals surface area contributed by atoms with Crippen molar-refractivity contribution < 1.29 is 18.0 Å². The molecule has 4 heterocycles. The van der Waals surface area contributed by atoms with Crippen LogP contribution in [0.3, 0.4) is 0 Å². The summed E-state index contributed by atoms with van der Waals surface area (Å²) in [5.74, 6) is 0.205. The van der Waals surface area contributed by atoms with Crippen LogP contribution in [0.4, 0.5) is 19.0 Å². The van der Waals surface area contributed by atoms with Crippen molar-refractivity contribution in [2.75, 3.05) is 12.3 Å². The van der Waals surface area contributed by atoms with Crippen molar-refractivity contribution in [1.29, 1.82) is 0 Å². The minimum absolute atomic E-state index is 0.0304. The number of aromatic nitrogens is 4. The number of halogens is 3. The molecule has 1 aliphatic heterocycles. The number of nitrogen functional groups attached to an aromatic ring is 1. The molecule has 1 aliphatic carbocycles. The number of fused-ring (bicyclic) bond motifs is 1. The van der Waals surface area contributed by atoms with Crippen LogP contribution in [-0.2, 0) is 6.18 Å². The van der Waals surface area contributed by atoms with Crippen LogP contribution < -0.4 is 5.73 Å². The molecular formula is C24H25F3N6O. The molecule has 3 aromatic heterocycles. The number of carbonyl (C=O) groups is 1. The van der Waals surface area contributed by atoms with Crippen LogP contribution in [0.1, 0.15) is 57.5 Å². The van der Waals surface area contributed by atoms with Crippen LogP contribution in [-0.4, -0.2) is 37.1 Å². The first-order chi connectivity index (χ1) is 16.0. The number of hydrogen-bond donors (Lipinski definition) is 1. The average Bonchev–Trinajstić information content (AvgIpc) is 3.42. The highest BCUT2D eigenvalue weighted by molar-refractivity contribution is 5.96. The molecule has 2 N–H and O–H groups in total. The third kappa shape index (κ3) is 3.80. The van der Waals surface area contributed by atoms with Crippen LogP contribution in [0.5, 0.6) is 0 Å². The smallest absolute Gasteiger partial charge is 0.383 e. The summed E-state index contributed by atoms with van der Waals surface area (Å²) in [6.45, 7) is 5.52. The normalized spacial score (nSPS) is 21.9. The fourth-order valence-corrected chi connectivity index (χ4v) is 4.99. The van der Waals surface area contributed by atoms with Crippen LogP contribution in [0.15, 0.2) is 30.6 Å². The number of rotatable bonds is 3.